The summed E-state index contributed by atoms with van der Waals surface area (Å²) in [5.74, 6) is -0.175. The summed E-state index contributed by atoms with van der Waals surface area (Å²) in [6.07, 6.45) is 2.18. The standard InChI is InChI=1S/C18H19N3O3S/c1-9-8-11-16(21-18(23)19-11)15(10(9)2)20-17(22)14-6-5-13(25-14)12-4-3-7-24-12/h5-6,8,12H,3-4,7H2,1-2H3,(H,20,22)(H2,19,21,23). The van der Waals surface area contributed by atoms with E-state index in [0.29, 0.717) is 21.6 Å². The van der Waals surface area contributed by atoms with Gasteiger partial charge in [0.2, 0.25) is 0 Å². The number of benzene rings is 1. The molecule has 0 radical (unpaired) electrons. The first kappa shape index (κ1) is 16.1. The summed E-state index contributed by atoms with van der Waals surface area (Å²) < 4.78 is 5.68. The number of aromatic nitrogens is 2. The van der Waals surface area contributed by atoms with Gasteiger partial charge >= 0.3 is 5.69 Å². The number of rotatable bonds is 3. The SMILES string of the molecule is Cc1cc2[nH]c(=O)[nH]c2c(NC(=O)c2ccc(C3CCCO3)s2)c1C. The van der Waals surface area contributed by atoms with Crippen LogP contribution in [-0.4, -0.2) is 22.5 Å². The van der Waals surface area contributed by atoms with Crippen LogP contribution in [-0.2, 0) is 4.74 Å². The number of ether oxygens (including phenoxy) is 1. The van der Waals surface area contributed by atoms with Crippen LogP contribution in [0.15, 0.2) is 23.0 Å². The molecule has 0 spiro atoms. The van der Waals surface area contributed by atoms with Gasteiger partial charge in [-0.1, -0.05) is 0 Å². The van der Waals surface area contributed by atoms with E-state index in [1.165, 1.54) is 11.3 Å². The highest BCUT2D eigenvalue weighted by Crippen LogP contribution is 2.34. The Morgan fingerprint density at radius 2 is 2.16 bits per heavy atom. The largest absolute Gasteiger partial charge is 0.373 e. The number of carbonyl (C=O) groups excluding carboxylic acids is 1. The molecule has 1 aliphatic rings. The second kappa shape index (κ2) is 6.16. The Morgan fingerprint density at radius 1 is 1.32 bits per heavy atom. The lowest BCUT2D eigenvalue weighted by atomic mass is 10.1. The van der Waals surface area contributed by atoms with Crippen LogP contribution in [0, 0.1) is 13.8 Å². The van der Waals surface area contributed by atoms with Crippen molar-refractivity contribution >= 4 is 34.0 Å². The number of nitrogens with one attached hydrogen (secondary N) is 3. The first-order chi connectivity index (χ1) is 12.0. The van der Waals surface area contributed by atoms with E-state index in [2.05, 4.69) is 15.3 Å². The smallest absolute Gasteiger partial charge is 0.323 e. The van der Waals surface area contributed by atoms with Crippen molar-refractivity contribution in [1.82, 2.24) is 9.97 Å². The van der Waals surface area contributed by atoms with Crippen LogP contribution in [0.2, 0.25) is 0 Å². The van der Waals surface area contributed by atoms with Crippen LogP contribution in [0.1, 0.15) is 44.6 Å². The molecule has 1 aromatic carbocycles. The Balaban J connectivity index is 1.66. The fourth-order valence-electron chi connectivity index (χ4n) is 3.19. The van der Waals surface area contributed by atoms with Gasteiger partial charge in [0.05, 0.1) is 27.7 Å². The number of H-pyrrole nitrogens is 2. The van der Waals surface area contributed by atoms with E-state index >= 15 is 0 Å². The maximum atomic E-state index is 12.7. The Kier molecular flexibility index (Phi) is 3.97. The van der Waals surface area contributed by atoms with E-state index in [1.54, 1.807) is 0 Å². The molecule has 1 aliphatic heterocycles. The molecular formula is C18H19N3O3S. The lowest BCUT2D eigenvalue weighted by Crippen LogP contribution is -2.12. The van der Waals surface area contributed by atoms with E-state index in [9.17, 15) is 9.59 Å². The lowest BCUT2D eigenvalue weighted by Gasteiger charge is -2.11. The van der Waals surface area contributed by atoms with Gasteiger partial charge < -0.3 is 20.0 Å². The third-order valence-corrected chi connectivity index (χ3v) is 5.85. The third kappa shape index (κ3) is 2.89. The van der Waals surface area contributed by atoms with Crippen LogP contribution >= 0.6 is 11.3 Å². The predicted molar refractivity (Wildman–Crippen MR) is 98.6 cm³/mol. The van der Waals surface area contributed by atoms with Crippen LogP contribution in [0.3, 0.4) is 0 Å². The van der Waals surface area contributed by atoms with Gasteiger partial charge in [0.25, 0.3) is 5.91 Å². The Morgan fingerprint density at radius 3 is 2.92 bits per heavy atom. The van der Waals surface area contributed by atoms with Crippen molar-refractivity contribution in [3.8, 4) is 0 Å². The molecule has 2 aromatic heterocycles. The summed E-state index contributed by atoms with van der Waals surface area (Å²) in [6.45, 7) is 4.67. The van der Waals surface area contributed by atoms with Gasteiger partial charge in [0.1, 0.15) is 0 Å². The summed E-state index contributed by atoms with van der Waals surface area (Å²) in [5.41, 5.74) is 3.61. The highest BCUT2D eigenvalue weighted by molar-refractivity contribution is 7.14. The maximum absolute atomic E-state index is 12.7. The maximum Gasteiger partial charge on any atom is 0.323 e. The van der Waals surface area contributed by atoms with Crippen LogP contribution in [0.5, 0.6) is 0 Å². The van der Waals surface area contributed by atoms with Crippen molar-refractivity contribution in [2.75, 3.05) is 11.9 Å². The van der Waals surface area contributed by atoms with Crippen LogP contribution < -0.4 is 11.0 Å². The molecule has 130 valence electrons. The second-order valence-corrected chi connectivity index (χ2v) is 7.47. The highest BCUT2D eigenvalue weighted by atomic mass is 32.1. The van der Waals surface area contributed by atoms with Gasteiger partial charge in [-0.3, -0.25) is 4.79 Å². The zero-order valence-electron chi connectivity index (χ0n) is 14.1. The quantitative estimate of drug-likeness (QED) is 0.669. The van der Waals surface area contributed by atoms with Crippen molar-refractivity contribution in [1.29, 1.82) is 0 Å². The minimum atomic E-state index is -0.285. The summed E-state index contributed by atoms with van der Waals surface area (Å²) in [4.78, 5) is 31.6. The molecule has 1 unspecified atom stereocenters. The van der Waals surface area contributed by atoms with Crippen LogP contribution in [0.4, 0.5) is 5.69 Å². The predicted octanol–water partition coefficient (Wildman–Crippen LogP) is 3.64. The number of hydrogen-bond donors (Lipinski definition) is 3. The van der Waals surface area contributed by atoms with Crippen molar-refractivity contribution in [3.63, 3.8) is 0 Å². The van der Waals surface area contributed by atoms with E-state index in [0.717, 1.165) is 35.5 Å². The minimum Gasteiger partial charge on any atom is -0.373 e. The molecular weight excluding hydrogens is 338 g/mol. The molecule has 0 aliphatic carbocycles. The van der Waals surface area contributed by atoms with Crippen LogP contribution in [0.25, 0.3) is 11.0 Å². The molecule has 1 amide bonds. The number of imidazole rings is 1. The Labute approximate surface area is 148 Å². The summed E-state index contributed by atoms with van der Waals surface area (Å²) in [5, 5.41) is 2.97. The number of aromatic amines is 2. The molecule has 4 rings (SSSR count). The lowest BCUT2D eigenvalue weighted by molar-refractivity contribution is 0.103. The van der Waals surface area contributed by atoms with Crippen molar-refractivity contribution in [3.05, 3.63) is 49.6 Å². The molecule has 25 heavy (non-hydrogen) atoms. The van der Waals surface area contributed by atoms with Gasteiger partial charge in [-0.15, -0.1) is 11.3 Å². The molecule has 1 atom stereocenters. The first-order valence-corrected chi connectivity index (χ1v) is 9.09. The number of hydrogen-bond acceptors (Lipinski definition) is 4. The van der Waals surface area contributed by atoms with E-state index < -0.39 is 0 Å². The fraction of sp³-hybridized carbons (Fsp3) is 0.333. The second-order valence-electron chi connectivity index (χ2n) is 6.35. The minimum absolute atomic E-state index is 0.111. The monoisotopic (exact) mass is 357 g/mol. The normalized spacial score (nSPS) is 17.3. The number of anilines is 1. The third-order valence-electron chi connectivity index (χ3n) is 4.67. The van der Waals surface area contributed by atoms with Crippen molar-refractivity contribution in [2.24, 2.45) is 0 Å². The zero-order chi connectivity index (χ0) is 17.6. The molecule has 1 saturated heterocycles. The average molecular weight is 357 g/mol. The molecule has 0 saturated carbocycles. The molecule has 0 bridgehead atoms. The molecule has 7 heteroatoms. The molecule has 3 aromatic rings. The van der Waals surface area contributed by atoms with Gasteiger partial charge in [0, 0.05) is 11.5 Å². The van der Waals surface area contributed by atoms with Crippen molar-refractivity contribution < 1.29 is 9.53 Å². The van der Waals surface area contributed by atoms with Gasteiger partial charge in [-0.05, 0) is 56.0 Å². The zero-order valence-corrected chi connectivity index (χ0v) is 14.9. The highest BCUT2D eigenvalue weighted by Gasteiger charge is 2.21. The Hall–Kier alpha value is -2.38. The summed E-state index contributed by atoms with van der Waals surface area (Å²) >= 11 is 1.46. The fourth-order valence-corrected chi connectivity index (χ4v) is 4.18. The average Bonchev–Trinajstić information content (AvgIpc) is 3.30. The van der Waals surface area contributed by atoms with E-state index in [-0.39, 0.29) is 17.7 Å². The summed E-state index contributed by atoms with van der Waals surface area (Å²) in [7, 11) is 0. The van der Waals surface area contributed by atoms with E-state index in [4.69, 9.17) is 4.74 Å². The number of thiophene rings is 1. The number of aryl methyl sites for hydroxylation is 1. The van der Waals surface area contributed by atoms with E-state index in [1.807, 2.05) is 32.0 Å². The van der Waals surface area contributed by atoms with Crippen molar-refractivity contribution in [2.45, 2.75) is 32.8 Å². The number of carbonyl (C=O) groups is 1. The first-order valence-electron chi connectivity index (χ1n) is 8.28. The molecule has 1 fully saturated rings. The number of amides is 1. The molecule has 6 nitrogen and oxygen atoms in total. The molecule has 3 N–H and O–H groups in total. The van der Waals surface area contributed by atoms with Gasteiger partial charge in [-0.25, -0.2) is 4.79 Å². The molecule has 3 heterocycles. The summed E-state index contributed by atoms with van der Waals surface area (Å²) in [6, 6.07) is 5.70. The van der Waals surface area contributed by atoms with Gasteiger partial charge in [-0.2, -0.15) is 0 Å². The Bertz CT molecular complexity index is 1010. The van der Waals surface area contributed by atoms with Gasteiger partial charge in [0.15, 0.2) is 0 Å². The topological polar surface area (TPSA) is 87.0 Å². The number of fused-ring (bicyclic) bond motifs is 1.